The van der Waals surface area contributed by atoms with Crippen molar-refractivity contribution in [1.82, 2.24) is 0 Å². The molecule has 0 aromatic heterocycles. The first-order valence-corrected chi connectivity index (χ1v) is 35.4. The summed E-state index contributed by atoms with van der Waals surface area (Å²) in [4.78, 5) is 0. The first-order valence-electron chi connectivity index (χ1n) is 17.1. The van der Waals surface area contributed by atoms with Crippen LogP contribution in [0.15, 0.2) is 66.7 Å². The average Bonchev–Trinajstić information content (AvgIpc) is 3.07. The number of rotatable bonds is 13. The SMILES string of the molecule is CCCOc1c2cccc1Cc1cccc(c1OCCC)Cc1[c]([Hg][I])ccc(c1OCCC)Cc1cccc(c1OCCC)C2. The first kappa shape index (κ1) is 35.1. The van der Waals surface area contributed by atoms with Crippen molar-refractivity contribution in [2.24, 2.45) is 0 Å². The Bertz CT molecular complexity index is 1600. The van der Waals surface area contributed by atoms with Crippen LogP contribution in [0.2, 0.25) is 0 Å². The van der Waals surface area contributed by atoms with Crippen LogP contribution in [-0.2, 0) is 45.9 Å². The van der Waals surface area contributed by atoms with Gasteiger partial charge in [0.15, 0.2) is 0 Å². The van der Waals surface area contributed by atoms with Crippen molar-refractivity contribution < 1.29 is 39.2 Å². The Labute approximate surface area is 297 Å². The molecule has 0 radical (unpaired) electrons. The molecule has 4 nitrogen and oxygen atoms in total. The summed E-state index contributed by atoms with van der Waals surface area (Å²) in [6, 6.07) is 24.7. The van der Waals surface area contributed by atoms with Gasteiger partial charge in [0.05, 0.1) is 0 Å². The number of hydrogen-bond acceptors (Lipinski definition) is 4. The van der Waals surface area contributed by atoms with Crippen molar-refractivity contribution >= 4 is 20.7 Å². The summed E-state index contributed by atoms with van der Waals surface area (Å²) in [6.45, 7) is 11.5. The third-order valence-corrected chi connectivity index (χ3v) is 19.3. The van der Waals surface area contributed by atoms with E-state index in [1.807, 2.05) is 0 Å². The van der Waals surface area contributed by atoms with Gasteiger partial charge in [-0.25, -0.2) is 0 Å². The van der Waals surface area contributed by atoms with Crippen LogP contribution in [0.3, 0.4) is 0 Å². The maximum absolute atomic E-state index is 6.71. The number of ether oxygens (including phenoxy) is 4. The molecule has 0 N–H and O–H groups in total. The number of benzene rings is 4. The van der Waals surface area contributed by atoms with Crippen LogP contribution in [0.4, 0.5) is 0 Å². The zero-order valence-corrected chi connectivity index (χ0v) is 35.7. The zero-order chi connectivity index (χ0) is 32.3. The van der Waals surface area contributed by atoms with Gasteiger partial charge in [-0.2, -0.15) is 0 Å². The molecule has 4 aromatic carbocycles. The Hall–Kier alpha value is -2.25. The predicted octanol–water partition coefficient (Wildman–Crippen LogP) is 9.58. The Balaban J connectivity index is 1.78. The van der Waals surface area contributed by atoms with Crippen molar-refractivity contribution in [3.05, 3.63) is 111 Å². The molecule has 8 bridgehead atoms. The van der Waals surface area contributed by atoms with Gasteiger partial charge in [-0.05, 0) is 0 Å². The molecule has 6 heteroatoms. The summed E-state index contributed by atoms with van der Waals surface area (Å²) in [6.07, 6.45) is 6.90. The van der Waals surface area contributed by atoms with E-state index in [9.17, 15) is 0 Å². The Morgan fingerprint density at radius 2 is 0.783 bits per heavy atom. The van der Waals surface area contributed by atoms with Crippen LogP contribution in [0.1, 0.15) is 97.9 Å². The average molecular weight is 919 g/mol. The zero-order valence-electron chi connectivity index (χ0n) is 28.1. The normalized spacial score (nSPS) is 12.3. The van der Waals surface area contributed by atoms with E-state index in [0.29, 0.717) is 26.4 Å². The fourth-order valence-electron chi connectivity index (χ4n) is 6.28. The minimum absolute atomic E-state index is 0.683. The standard InChI is InChI=1S/C40H47O4.Hg.HI/c1-5-21-41-37-29-13-9-14-30(37)26-32-16-11-18-34(39(32)43-23-7-3)28-36-20-12-19-35(40(36)44-24-8-4)27-33-17-10-15-31(25-29)38(33)42-22-6-2;;/h9-19H,5-8,21-28H2,1-4H3;;1H/q;+1;/p-1. The van der Waals surface area contributed by atoms with E-state index in [-0.39, 0.29) is 0 Å². The van der Waals surface area contributed by atoms with E-state index in [4.69, 9.17) is 18.9 Å². The second kappa shape index (κ2) is 17.8. The fraction of sp³-hybridized carbons (Fsp3) is 0.400. The molecule has 0 fully saturated rings. The molecule has 4 aromatic rings. The molecular weight excluding hydrogens is 872 g/mol. The number of fused-ring (bicyclic) bond motifs is 8. The van der Waals surface area contributed by atoms with Gasteiger partial charge < -0.3 is 0 Å². The fourth-order valence-corrected chi connectivity index (χ4v) is 15.1. The Morgan fingerprint density at radius 1 is 0.457 bits per heavy atom. The third kappa shape index (κ3) is 8.42. The molecule has 0 amide bonds. The summed E-state index contributed by atoms with van der Waals surface area (Å²) < 4.78 is 28.0. The number of hydrogen-bond donors (Lipinski definition) is 0. The monoisotopic (exact) mass is 920 g/mol. The molecule has 1 aliphatic carbocycles. The first-order chi connectivity index (χ1) is 22.6. The molecule has 0 saturated carbocycles. The van der Waals surface area contributed by atoms with Gasteiger partial charge in [0.2, 0.25) is 0 Å². The van der Waals surface area contributed by atoms with Gasteiger partial charge in [0.25, 0.3) is 0 Å². The molecule has 0 heterocycles. The predicted molar refractivity (Wildman–Crippen MR) is 194 cm³/mol. The van der Waals surface area contributed by atoms with E-state index in [0.717, 1.165) is 74.4 Å². The van der Waals surface area contributed by atoms with Crippen molar-refractivity contribution in [3.63, 3.8) is 0 Å². The van der Waals surface area contributed by atoms with E-state index < -0.39 is 20.2 Å². The minimum atomic E-state index is -1.33. The molecule has 0 atom stereocenters. The summed E-state index contributed by atoms with van der Waals surface area (Å²) >= 11 is 1.38. The van der Waals surface area contributed by atoms with E-state index in [2.05, 4.69) is 112 Å². The van der Waals surface area contributed by atoms with Crippen LogP contribution >= 0.6 is 17.7 Å². The molecule has 1 aliphatic rings. The van der Waals surface area contributed by atoms with Crippen molar-refractivity contribution in [2.75, 3.05) is 26.4 Å². The molecule has 240 valence electrons. The van der Waals surface area contributed by atoms with Crippen LogP contribution in [-0.4, -0.2) is 26.4 Å². The van der Waals surface area contributed by atoms with Gasteiger partial charge in [-0.1, -0.05) is 6.92 Å². The molecule has 5 rings (SSSR count). The van der Waals surface area contributed by atoms with Crippen LogP contribution in [0.5, 0.6) is 23.0 Å². The van der Waals surface area contributed by atoms with Crippen LogP contribution in [0, 0.1) is 0 Å². The van der Waals surface area contributed by atoms with Crippen molar-refractivity contribution in [2.45, 2.75) is 79.1 Å². The van der Waals surface area contributed by atoms with Gasteiger partial charge in [-0.15, -0.1) is 0 Å². The van der Waals surface area contributed by atoms with Gasteiger partial charge in [0.1, 0.15) is 0 Å². The maximum atomic E-state index is 6.71. The molecule has 0 aliphatic heterocycles. The quantitative estimate of drug-likeness (QED) is 0.0872. The van der Waals surface area contributed by atoms with E-state index in [1.54, 1.807) is 0 Å². The van der Waals surface area contributed by atoms with Gasteiger partial charge in [0, 0.05) is 0 Å². The Morgan fingerprint density at radius 3 is 1.13 bits per heavy atom. The summed E-state index contributed by atoms with van der Waals surface area (Å²) in [5, 5.41) is 0. The topological polar surface area (TPSA) is 36.9 Å². The van der Waals surface area contributed by atoms with Gasteiger partial charge in [-0.3, -0.25) is 0 Å². The summed E-state index contributed by atoms with van der Waals surface area (Å²) in [5.74, 6) is 4.09. The molecule has 0 saturated heterocycles. The van der Waals surface area contributed by atoms with Crippen LogP contribution in [0.25, 0.3) is 0 Å². The van der Waals surface area contributed by atoms with E-state index >= 15 is 0 Å². The summed E-state index contributed by atoms with van der Waals surface area (Å²) in [5.41, 5.74) is 9.82. The molecule has 0 unspecified atom stereocenters. The van der Waals surface area contributed by atoms with E-state index in [1.165, 1.54) is 47.6 Å². The second-order valence-electron chi connectivity index (χ2n) is 12.1. The summed E-state index contributed by atoms with van der Waals surface area (Å²) in [7, 11) is 0. The van der Waals surface area contributed by atoms with Crippen molar-refractivity contribution in [3.8, 4) is 23.0 Å². The second-order valence-corrected chi connectivity index (χ2v) is 22.8. The van der Waals surface area contributed by atoms with Crippen molar-refractivity contribution in [1.29, 1.82) is 0 Å². The molecule has 46 heavy (non-hydrogen) atoms. The number of para-hydroxylation sites is 3. The number of halogens is 1. The van der Waals surface area contributed by atoms with Gasteiger partial charge >= 0.3 is 293 Å². The van der Waals surface area contributed by atoms with Crippen LogP contribution < -0.4 is 22.0 Å². The molecular formula is C40H47HgIO4. The third-order valence-electron chi connectivity index (χ3n) is 8.43. The Kier molecular flexibility index (Phi) is 13.5. The molecule has 0 spiro atoms.